The van der Waals surface area contributed by atoms with Gasteiger partial charge in [-0.1, -0.05) is 42.5 Å². The van der Waals surface area contributed by atoms with Gasteiger partial charge in [-0.05, 0) is 130 Å². The number of aliphatic imine (C=N–C) groups is 1. The Hall–Kier alpha value is -5.43. The lowest BCUT2D eigenvalue weighted by molar-refractivity contribution is -0.0173. The highest BCUT2D eigenvalue weighted by Crippen LogP contribution is 2.48. The van der Waals surface area contributed by atoms with Crippen LogP contribution in [-0.2, 0) is 6.42 Å². The van der Waals surface area contributed by atoms with E-state index < -0.39 is 5.60 Å². The lowest BCUT2D eigenvalue weighted by atomic mass is 9.69. The third-order valence-electron chi connectivity index (χ3n) is 14.0. The summed E-state index contributed by atoms with van der Waals surface area (Å²) in [5.41, 5.74) is 8.71. The van der Waals surface area contributed by atoms with E-state index in [4.69, 9.17) is 4.99 Å². The highest BCUT2D eigenvalue weighted by atomic mass is 32.1. The Morgan fingerprint density at radius 2 is 1.48 bits per heavy atom. The monoisotopic (exact) mass is 853 g/mol. The lowest BCUT2D eigenvalue weighted by Gasteiger charge is -2.44. The van der Waals surface area contributed by atoms with Crippen LogP contribution in [0.3, 0.4) is 0 Å². The van der Waals surface area contributed by atoms with Crippen LogP contribution in [-0.4, -0.2) is 87.0 Å². The second-order valence-corrected chi connectivity index (χ2v) is 19.0. The molecule has 2 fully saturated rings. The van der Waals surface area contributed by atoms with Crippen molar-refractivity contribution < 1.29 is 19.0 Å². The van der Waals surface area contributed by atoms with Gasteiger partial charge < -0.3 is 20.0 Å². The molecule has 2 saturated heterocycles. The minimum Gasteiger partial charge on any atom is -0.508 e. The molecule has 0 spiro atoms. The molecule has 4 aliphatic rings. The van der Waals surface area contributed by atoms with Crippen LogP contribution in [0.2, 0.25) is 0 Å². The predicted octanol–water partition coefficient (Wildman–Crippen LogP) is 9.17. The van der Waals surface area contributed by atoms with E-state index in [1.807, 2.05) is 37.3 Å². The van der Waals surface area contributed by atoms with Crippen molar-refractivity contribution in [3.63, 3.8) is 0 Å². The summed E-state index contributed by atoms with van der Waals surface area (Å²) in [5.74, 6) is 0.734. The number of rotatable bonds is 7. The summed E-state index contributed by atoms with van der Waals surface area (Å²) in [6, 6.07) is 26.2. The van der Waals surface area contributed by atoms with Crippen molar-refractivity contribution in [2.45, 2.75) is 76.9 Å². The first-order chi connectivity index (χ1) is 29.9. The van der Waals surface area contributed by atoms with Crippen molar-refractivity contribution in [2.75, 3.05) is 55.6 Å². The number of benzene rings is 4. The number of phenolic OH excluding ortho intramolecular Hbond substituents is 1. The highest BCUT2D eigenvalue weighted by Gasteiger charge is 2.38. The molecule has 2 aromatic heterocycles. The number of halogens is 2. The van der Waals surface area contributed by atoms with Gasteiger partial charge in [0.1, 0.15) is 34.3 Å². The number of anilines is 2. The molecule has 320 valence electrons. The second-order valence-electron chi connectivity index (χ2n) is 17.8. The number of hydrogen-bond donors (Lipinski definition) is 2. The lowest BCUT2D eigenvalue weighted by Crippen LogP contribution is -2.55. The molecule has 62 heavy (non-hydrogen) atoms. The summed E-state index contributed by atoms with van der Waals surface area (Å²) in [6.45, 7) is 13.6. The molecule has 0 amide bonds. The number of β-amino-alcohol motifs (C(OH)–C–C–N with tert-alkyl or cyclic N) is 1. The van der Waals surface area contributed by atoms with Crippen LogP contribution in [0.5, 0.6) is 5.75 Å². The number of aliphatic hydroxyl groups is 1. The minimum atomic E-state index is -0.776. The van der Waals surface area contributed by atoms with E-state index in [2.05, 4.69) is 74.5 Å². The Bertz CT molecular complexity index is 2680. The maximum absolute atomic E-state index is 16.4. The topological polar surface area (TPSA) is 93.2 Å². The normalized spacial score (nSPS) is 21.2. The number of phenols is 1. The van der Waals surface area contributed by atoms with Crippen molar-refractivity contribution in [3.05, 3.63) is 152 Å². The summed E-state index contributed by atoms with van der Waals surface area (Å²) in [5, 5.41) is 32.1. The van der Waals surface area contributed by atoms with E-state index in [1.54, 1.807) is 35.6 Å². The number of aryl methyl sites for hydroxylation is 3. The Morgan fingerprint density at radius 1 is 0.774 bits per heavy atom. The first-order valence-corrected chi connectivity index (χ1v) is 22.8. The zero-order chi connectivity index (χ0) is 42.9. The molecule has 6 aromatic rings. The van der Waals surface area contributed by atoms with Crippen LogP contribution < -0.4 is 9.80 Å². The second kappa shape index (κ2) is 16.0. The molecule has 9 nitrogen and oxygen atoms in total. The molecule has 0 saturated carbocycles. The SMILES string of the molecule is Cc1sc2c(c1C)C(c1ccc(N3CCC(O)(CN4CCN(c5ccc([C@@H]6c7ccc(O)cc7CC[C@@H]6c6ccccc6F)c(F)c5)CC4)CC3)cc1)=N[C@@H](C)c1nnc(C)n1-2. The van der Waals surface area contributed by atoms with Crippen LogP contribution in [0.1, 0.15) is 99.5 Å². The Kier molecular flexibility index (Phi) is 10.5. The molecule has 1 aliphatic carbocycles. The third kappa shape index (κ3) is 7.29. The molecular formula is C50H53F2N7O2S. The van der Waals surface area contributed by atoms with Gasteiger partial charge in [-0.15, -0.1) is 21.5 Å². The fourth-order valence-electron chi connectivity index (χ4n) is 10.5. The number of aromatic nitrogens is 3. The first kappa shape index (κ1) is 40.6. The third-order valence-corrected chi connectivity index (χ3v) is 15.2. The smallest absolute Gasteiger partial charge is 0.162 e. The van der Waals surface area contributed by atoms with Crippen molar-refractivity contribution >= 4 is 28.4 Å². The van der Waals surface area contributed by atoms with E-state index in [1.165, 1.54) is 16.5 Å². The minimum absolute atomic E-state index is 0.131. The average molecular weight is 854 g/mol. The molecule has 10 rings (SSSR count). The van der Waals surface area contributed by atoms with E-state index >= 15 is 8.78 Å². The van der Waals surface area contributed by atoms with Crippen molar-refractivity contribution in [2.24, 2.45) is 4.99 Å². The van der Waals surface area contributed by atoms with E-state index in [0.29, 0.717) is 43.4 Å². The largest absolute Gasteiger partial charge is 0.508 e. The summed E-state index contributed by atoms with van der Waals surface area (Å²) >= 11 is 1.77. The summed E-state index contributed by atoms with van der Waals surface area (Å²) in [7, 11) is 0. The molecule has 0 unspecified atom stereocenters. The van der Waals surface area contributed by atoms with Gasteiger partial charge in [0.05, 0.1) is 11.3 Å². The molecule has 2 N–H and O–H groups in total. The maximum Gasteiger partial charge on any atom is 0.162 e. The van der Waals surface area contributed by atoms with Gasteiger partial charge in [0.2, 0.25) is 0 Å². The van der Waals surface area contributed by atoms with E-state index in [0.717, 1.165) is 95.3 Å². The standard InChI is InChI=1S/C50H53F2N7O2S/c1-30-32(3)62-49-45(30)47(53-31(2)48-55-54-33(4)59(48)49)34-9-12-36(13-10-34)57-21-19-50(61,20-22-57)29-56-23-25-58(26-24-56)37-14-17-42(44(52)28-37)46-39-18-15-38(60)27-35(39)11-16-41(46)40-7-5-6-8-43(40)51/h5-10,12-15,17-18,27-28,31,41,46,60-61H,11,16,19-26,29H2,1-4H3/t31-,41+,46+/m0/s1. The number of fused-ring (bicyclic) bond motifs is 4. The van der Waals surface area contributed by atoms with Crippen LogP contribution in [0.25, 0.3) is 5.00 Å². The number of aromatic hydroxyl groups is 1. The Labute approximate surface area is 366 Å². The Morgan fingerprint density at radius 3 is 2.23 bits per heavy atom. The Balaban J connectivity index is 0.774. The zero-order valence-corrected chi connectivity index (χ0v) is 36.6. The van der Waals surface area contributed by atoms with E-state index in [9.17, 15) is 10.2 Å². The molecule has 4 aromatic carbocycles. The summed E-state index contributed by atoms with van der Waals surface area (Å²) in [6.07, 6.45) is 2.70. The molecule has 0 radical (unpaired) electrons. The van der Waals surface area contributed by atoms with Gasteiger partial charge in [-0.25, -0.2) is 8.78 Å². The van der Waals surface area contributed by atoms with Gasteiger partial charge in [0, 0.05) is 79.1 Å². The van der Waals surface area contributed by atoms with Crippen molar-refractivity contribution in [3.8, 4) is 10.8 Å². The molecule has 5 heterocycles. The molecule has 3 atom stereocenters. The quantitative estimate of drug-likeness (QED) is 0.166. The van der Waals surface area contributed by atoms with Gasteiger partial charge >= 0.3 is 0 Å². The van der Waals surface area contributed by atoms with Gasteiger partial charge in [0.25, 0.3) is 0 Å². The van der Waals surface area contributed by atoms with Gasteiger partial charge in [-0.2, -0.15) is 0 Å². The fourth-order valence-corrected chi connectivity index (χ4v) is 11.7. The molecule has 0 bridgehead atoms. The fraction of sp³-hybridized carbons (Fsp3) is 0.380. The number of thiophene rings is 1. The number of piperazine rings is 1. The maximum atomic E-state index is 16.4. The molecular weight excluding hydrogens is 801 g/mol. The average Bonchev–Trinajstić information content (AvgIpc) is 3.76. The summed E-state index contributed by atoms with van der Waals surface area (Å²) in [4.78, 5) is 13.4. The van der Waals surface area contributed by atoms with E-state index in [-0.39, 0.29) is 35.3 Å². The highest BCUT2D eigenvalue weighted by molar-refractivity contribution is 7.15. The van der Waals surface area contributed by atoms with Crippen LogP contribution in [0.4, 0.5) is 20.2 Å². The number of nitrogens with zero attached hydrogens (tertiary/aromatic N) is 7. The first-order valence-electron chi connectivity index (χ1n) is 22.0. The van der Waals surface area contributed by atoms with Crippen LogP contribution in [0.15, 0.2) is 89.9 Å². The zero-order valence-electron chi connectivity index (χ0n) is 35.8. The van der Waals surface area contributed by atoms with Crippen molar-refractivity contribution in [1.29, 1.82) is 0 Å². The van der Waals surface area contributed by atoms with Crippen LogP contribution in [0, 0.1) is 32.4 Å². The van der Waals surface area contributed by atoms with Gasteiger partial charge in [0.15, 0.2) is 5.82 Å². The molecule has 12 heteroatoms. The van der Waals surface area contributed by atoms with Gasteiger partial charge in [-0.3, -0.25) is 14.5 Å². The number of hydrogen-bond acceptors (Lipinski definition) is 9. The summed E-state index contributed by atoms with van der Waals surface area (Å²) < 4.78 is 33.7. The molecule has 3 aliphatic heterocycles. The predicted molar refractivity (Wildman–Crippen MR) is 243 cm³/mol. The number of piperidine rings is 1. The van der Waals surface area contributed by atoms with Crippen molar-refractivity contribution in [1.82, 2.24) is 19.7 Å². The van der Waals surface area contributed by atoms with Crippen LogP contribution >= 0.6 is 11.3 Å².